The van der Waals surface area contributed by atoms with Crippen LogP contribution in [0.4, 0.5) is 0 Å². The number of carbonyl (C=O) groups excluding carboxylic acids is 2. The topological polar surface area (TPSA) is 95.6 Å². The minimum atomic E-state index is -4.01. The summed E-state index contributed by atoms with van der Waals surface area (Å²) in [5, 5.41) is 0. The maximum absolute atomic E-state index is 13.2. The van der Waals surface area contributed by atoms with Gasteiger partial charge in [0.1, 0.15) is 17.4 Å². The number of rotatable bonds is 5. The van der Waals surface area contributed by atoms with E-state index in [0.29, 0.717) is 11.3 Å². The van der Waals surface area contributed by atoms with Gasteiger partial charge in [-0.05, 0) is 49.7 Å². The number of hydrogen-bond donors (Lipinski definition) is 0. The number of ether oxygens (including phenoxy) is 1. The van der Waals surface area contributed by atoms with Crippen molar-refractivity contribution < 1.29 is 27.2 Å². The molecule has 29 heavy (non-hydrogen) atoms. The molecular weight excluding hydrogens is 394 g/mol. The smallest absolute Gasteiger partial charge is 0.318 e. The number of aryl methyl sites for hydroxylation is 1. The van der Waals surface area contributed by atoms with Gasteiger partial charge < -0.3 is 9.15 Å². The van der Waals surface area contributed by atoms with E-state index >= 15 is 0 Å². The zero-order valence-electron chi connectivity index (χ0n) is 15.9. The van der Waals surface area contributed by atoms with Gasteiger partial charge in [0.05, 0.1) is 23.7 Å². The number of aromatic nitrogens is 1. The average Bonchev–Trinajstić information content (AvgIpc) is 3.40. The molecule has 0 unspecified atom stereocenters. The molecule has 0 saturated heterocycles. The Balaban J connectivity index is 1.86. The normalized spacial score (nSPS) is 18.6. The van der Waals surface area contributed by atoms with Crippen LogP contribution >= 0.6 is 0 Å². The number of furan rings is 1. The first-order valence-corrected chi connectivity index (χ1v) is 10.6. The number of carbonyl (C=O) groups is 2. The molecule has 1 aliphatic carbocycles. The molecule has 0 saturated carbocycles. The number of Topliss-reactive ketones (excluding diaryl/α,β-unsaturated/α-hetero) is 1. The SMILES string of the molecule is CCOC(=O)[C@H]1C(=O)c2c(ccn2S(=O)(=O)c2ccc(C)cc2)[C@@H]1c1ccco1. The molecule has 0 aliphatic heterocycles. The lowest BCUT2D eigenvalue weighted by molar-refractivity contribution is -0.146. The van der Waals surface area contributed by atoms with Crippen LogP contribution in [0.2, 0.25) is 0 Å². The van der Waals surface area contributed by atoms with Crippen LogP contribution in [0.25, 0.3) is 0 Å². The Morgan fingerprint density at radius 1 is 1.17 bits per heavy atom. The van der Waals surface area contributed by atoms with Gasteiger partial charge >= 0.3 is 5.97 Å². The van der Waals surface area contributed by atoms with Crippen molar-refractivity contribution >= 4 is 21.8 Å². The zero-order valence-corrected chi connectivity index (χ0v) is 16.7. The molecule has 8 heteroatoms. The van der Waals surface area contributed by atoms with Crippen molar-refractivity contribution in [3.63, 3.8) is 0 Å². The summed E-state index contributed by atoms with van der Waals surface area (Å²) in [5.74, 6) is -2.82. The molecule has 2 heterocycles. The molecule has 0 amide bonds. The molecule has 150 valence electrons. The molecule has 0 bridgehead atoms. The summed E-state index contributed by atoms with van der Waals surface area (Å²) < 4.78 is 37.8. The standard InChI is InChI=1S/C21H19NO6S/c1-3-27-21(24)18-17(16-5-4-12-28-16)15-10-11-22(19(15)20(18)23)29(25,26)14-8-6-13(2)7-9-14/h4-12,17-18H,3H2,1-2H3/t17-,18-/m1/s1. The van der Waals surface area contributed by atoms with E-state index in [9.17, 15) is 18.0 Å². The van der Waals surface area contributed by atoms with E-state index < -0.39 is 33.6 Å². The second-order valence-corrected chi connectivity index (χ2v) is 8.64. The van der Waals surface area contributed by atoms with E-state index in [2.05, 4.69) is 0 Å². The summed E-state index contributed by atoms with van der Waals surface area (Å²) in [7, 11) is -4.01. The number of fused-ring (bicyclic) bond motifs is 1. The van der Waals surface area contributed by atoms with Crippen LogP contribution in [-0.2, 0) is 19.6 Å². The van der Waals surface area contributed by atoms with Crippen LogP contribution < -0.4 is 0 Å². The van der Waals surface area contributed by atoms with E-state index in [-0.39, 0.29) is 17.2 Å². The first-order chi connectivity index (χ1) is 13.9. The second-order valence-electron chi connectivity index (χ2n) is 6.82. The zero-order chi connectivity index (χ0) is 20.8. The van der Waals surface area contributed by atoms with Crippen molar-refractivity contribution in [1.82, 2.24) is 3.97 Å². The number of benzene rings is 1. The van der Waals surface area contributed by atoms with Crippen LogP contribution in [-0.4, -0.2) is 30.7 Å². The maximum Gasteiger partial charge on any atom is 0.318 e. The average molecular weight is 413 g/mol. The summed E-state index contributed by atoms with van der Waals surface area (Å²) >= 11 is 0. The van der Waals surface area contributed by atoms with Crippen LogP contribution in [0.5, 0.6) is 0 Å². The van der Waals surface area contributed by atoms with Gasteiger partial charge in [-0.15, -0.1) is 0 Å². The van der Waals surface area contributed by atoms with Gasteiger partial charge in [0.2, 0.25) is 0 Å². The Bertz CT molecular complexity index is 1170. The summed E-state index contributed by atoms with van der Waals surface area (Å²) in [6, 6.07) is 11.2. The number of hydrogen-bond acceptors (Lipinski definition) is 6. The fraction of sp³-hybridized carbons (Fsp3) is 0.238. The Morgan fingerprint density at radius 3 is 2.52 bits per heavy atom. The van der Waals surface area contributed by atoms with Gasteiger partial charge in [-0.2, -0.15) is 0 Å². The molecule has 2 atom stereocenters. The first-order valence-electron chi connectivity index (χ1n) is 9.14. The Morgan fingerprint density at radius 2 is 1.90 bits per heavy atom. The monoisotopic (exact) mass is 413 g/mol. The third kappa shape index (κ3) is 3.00. The number of nitrogens with zero attached hydrogens (tertiary/aromatic N) is 1. The summed E-state index contributed by atoms with van der Waals surface area (Å²) in [5.41, 5.74) is 1.31. The van der Waals surface area contributed by atoms with Crippen LogP contribution in [0.1, 0.15) is 40.2 Å². The van der Waals surface area contributed by atoms with Crippen molar-refractivity contribution in [2.45, 2.75) is 24.7 Å². The molecular formula is C21H19NO6S. The fourth-order valence-corrected chi connectivity index (χ4v) is 5.06. The molecule has 0 spiro atoms. The highest BCUT2D eigenvalue weighted by atomic mass is 32.2. The van der Waals surface area contributed by atoms with Gasteiger partial charge in [0.25, 0.3) is 10.0 Å². The second kappa shape index (κ2) is 7.04. The van der Waals surface area contributed by atoms with Gasteiger partial charge in [-0.25, -0.2) is 12.4 Å². The van der Waals surface area contributed by atoms with Crippen molar-refractivity contribution in [3.8, 4) is 0 Å². The third-order valence-electron chi connectivity index (χ3n) is 5.04. The van der Waals surface area contributed by atoms with Crippen LogP contribution in [0.3, 0.4) is 0 Å². The van der Waals surface area contributed by atoms with E-state index in [4.69, 9.17) is 9.15 Å². The van der Waals surface area contributed by atoms with Gasteiger partial charge in [0, 0.05) is 6.20 Å². The third-order valence-corrected chi connectivity index (χ3v) is 6.73. The highest BCUT2D eigenvalue weighted by Gasteiger charge is 2.50. The number of esters is 1. The summed E-state index contributed by atoms with van der Waals surface area (Å²) in [6.07, 6.45) is 2.79. The molecule has 4 rings (SSSR count). The summed E-state index contributed by atoms with van der Waals surface area (Å²) in [4.78, 5) is 25.8. The fourth-order valence-electron chi connectivity index (χ4n) is 3.69. The molecule has 7 nitrogen and oxygen atoms in total. The molecule has 0 N–H and O–H groups in total. The summed E-state index contributed by atoms with van der Waals surface area (Å²) in [6.45, 7) is 3.61. The lowest BCUT2D eigenvalue weighted by atomic mass is 9.90. The van der Waals surface area contributed by atoms with Crippen molar-refractivity contribution in [3.05, 3.63) is 77.5 Å². The van der Waals surface area contributed by atoms with E-state index in [1.165, 1.54) is 24.6 Å². The van der Waals surface area contributed by atoms with E-state index in [1.54, 1.807) is 37.3 Å². The number of ketones is 1. The minimum Gasteiger partial charge on any atom is -0.469 e. The van der Waals surface area contributed by atoms with E-state index in [1.807, 2.05) is 6.92 Å². The molecule has 3 aromatic rings. The van der Waals surface area contributed by atoms with Gasteiger partial charge in [-0.3, -0.25) is 9.59 Å². The highest BCUT2D eigenvalue weighted by molar-refractivity contribution is 7.90. The Hall–Kier alpha value is -3.13. The lowest BCUT2D eigenvalue weighted by Gasteiger charge is -2.15. The van der Waals surface area contributed by atoms with E-state index in [0.717, 1.165) is 9.54 Å². The quantitative estimate of drug-likeness (QED) is 0.471. The van der Waals surface area contributed by atoms with Crippen molar-refractivity contribution in [1.29, 1.82) is 0 Å². The Labute approximate surface area is 168 Å². The van der Waals surface area contributed by atoms with Gasteiger partial charge in [-0.1, -0.05) is 17.7 Å². The molecule has 0 fully saturated rings. The lowest BCUT2D eigenvalue weighted by Crippen LogP contribution is -2.28. The predicted molar refractivity (Wildman–Crippen MR) is 103 cm³/mol. The van der Waals surface area contributed by atoms with Crippen molar-refractivity contribution in [2.75, 3.05) is 6.61 Å². The highest BCUT2D eigenvalue weighted by Crippen LogP contribution is 2.44. The molecule has 1 aromatic carbocycles. The molecule has 2 aromatic heterocycles. The maximum atomic E-state index is 13.2. The minimum absolute atomic E-state index is 0.0370. The van der Waals surface area contributed by atoms with Crippen molar-refractivity contribution in [2.24, 2.45) is 5.92 Å². The first kappa shape index (κ1) is 19.2. The van der Waals surface area contributed by atoms with Gasteiger partial charge in [0.15, 0.2) is 5.78 Å². The molecule has 1 aliphatic rings. The Kier molecular flexibility index (Phi) is 4.66. The predicted octanol–water partition coefficient (Wildman–Crippen LogP) is 3.13. The van der Waals surface area contributed by atoms with Crippen LogP contribution in [0, 0.1) is 12.8 Å². The largest absolute Gasteiger partial charge is 0.469 e. The molecule has 0 radical (unpaired) electrons. The van der Waals surface area contributed by atoms with Crippen LogP contribution in [0.15, 0.2) is 64.2 Å².